The van der Waals surface area contributed by atoms with Crippen LogP contribution in [0.4, 0.5) is 4.79 Å². The minimum Gasteiger partial charge on any atom is -0.497 e. The summed E-state index contributed by atoms with van der Waals surface area (Å²) in [6.07, 6.45) is 3.05. The van der Waals surface area contributed by atoms with E-state index in [9.17, 15) is 9.59 Å². The Morgan fingerprint density at radius 2 is 2.17 bits per heavy atom. The number of fused-ring (bicyclic) bond motifs is 1. The van der Waals surface area contributed by atoms with Crippen molar-refractivity contribution >= 4 is 12.0 Å². The van der Waals surface area contributed by atoms with Crippen molar-refractivity contribution in [3.05, 3.63) is 47.5 Å². The molecule has 0 radical (unpaired) electrons. The molecule has 0 saturated heterocycles. The summed E-state index contributed by atoms with van der Waals surface area (Å²) >= 11 is 0. The topological polar surface area (TPSA) is 96.5 Å². The Balaban J connectivity index is 1.93. The predicted molar refractivity (Wildman–Crippen MR) is 108 cm³/mol. The largest absolute Gasteiger partial charge is 0.497 e. The normalized spacial score (nSPS) is 17.8. The molecule has 1 aromatic heterocycles. The Kier molecular flexibility index (Phi) is 6.41. The molecule has 2 N–H and O–H groups in total. The zero-order valence-corrected chi connectivity index (χ0v) is 17.3. The minimum absolute atomic E-state index is 0.0487. The highest BCUT2D eigenvalue weighted by Crippen LogP contribution is 2.34. The number of esters is 1. The molecule has 8 heteroatoms. The van der Waals surface area contributed by atoms with Crippen molar-refractivity contribution in [2.75, 3.05) is 20.8 Å². The van der Waals surface area contributed by atoms with Gasteiger partial charge < -0.3 is 24.7 Å². The predicted octanol–water partition coefficient (Wildman–Crippen LogP) is 2.66. The van der Waals surface area contributed by atoms with Gasteiger partial charge in [0.15, 0.2) is 0 Å². The fraction of sp³-hybridized carbons (Fsp3) is 0.476. The maximum Gasteiger partial charge on any atom is 0.328 e. The van der Waals surface area contributed by atoms with E-state index in [1.807, 2.05) is 38.1 Å². The molecule has 0 unspecified atom stereocenters. The fourth-order valence-corrected chi connectivity index (χ4v) is 3.66. The number of hydrogen-bond acceptors (Lipinski definition) is 5. The highest BCUT2D eigenvalue weighted by atomic mass is 16.5. The van der Waals surface area contributed by atoms with Crippen LogP contribution in [0.2, 0.25) is 0 Å². The molecule has 1 aliphatic rings. The molecule has 0 fully saturated rings. The van der Waals surface area contributed by atoms with Gasteiger partial charge >= 0.3 is 12.0 Å². The van der Waals surface area contributed by atoms with E-state index in [2.05, 4.69) is 15.3 Å². The summed E-state index contributed by atoms with van der Waals surface area (Å²) < 4.78 is 10.3. The van der Waals surface area contributed by atoms with Crippen LogP contribution in [0.5, 0.6) is 5.75 Å². The number of H-pyrrole nitrogens is 1. The zero-order chi connectivity index (χ0) is 21.0. The first-order valence-corrected chi connectivity index (χ1v) is 9.81. The molecule has 0 spiro atoms. The lowest BCUT2D eigenvalue weighted by Crippen LogP contribution is -2.53. The number of amides is 2. The van der Waals surface area contributed by atoms with Gasteiger partial charge in [-0.3, -0.25) is 0 Å². The number of aromatic nitrogens is 2. The maximum absolute atomic E-state index is 13.3. The average Bonchev–Trinajstić information content (AvgIpc) is 3.24. The van der Waals surface area contributed by atoms with Crippen molar-refractivity contribution in [3.8, 4) is 5.75 Å². The standard InChI is InChI=1S/C21H28N4O4/c1-5-13(2)17(20(26)29-4)24-21(27)25-10-9-16-18(23-12-22-16)19(25)14-7-6-8-15(11-14)28-3/h6-8,11-13,17,19H,5,9-10H2,1-4H3,(H,22,23)(H,24,27)/t13-,17-,19+/m0/s1. The SMILES string of the molecule is CC[C@H](C)[C@H](NC(=O)N1CCc2[nH]cnc2[C@H]1c1cccc(OC)c1)C(=O)OC. The number of hydrogen-bond donors (Lipinski definition) is 2. The number of rotatable bonds is 6. The van der Waals surface area contributed by atoms with Gasteiger partial charge in [0.1, 0.15) is 17.8 Å². The number of carbonyl (C=O) groups is 2. The molecular formula is C21H28N4O4. The van der Waals surface area contributed by atoms with Gasteiger partial charge in [-0.25, -0.2) is 14.6 Å². The number of urea groups is 1. The second kappa shape index (κ2) is 8.98. The average molecular weight is 400 g/mol. The molecular weight excluding hydrogens is 372 g/mol. The van der Waals surface area contributed by atoms with Crippen molar-refractivity contribution in [2.24, 2.45) is 5.92 Å². The number of imidazole rings is 1. The third-order valence-electron chi connectivity index (χ3n) is 5.54. The van der Waals surface area contributed by atoms with Gasteiger partial charge in [0.05, 0.1) is 26.2 Å². The van der Waals surface area contributed by atoms with Crippen molar-refractivity contribution in [3.63, 3.8) is 0 Å². The Hall–Kier alpha value is -3.03. The summed E-state index contributed by atoms with van der Waals surface area (Å²) in [4.78, 5) is 34.8. The highest BCUT2D eigenvalue weighted by molar-refractivity contribution is 5.84. The first kappa shape index (κ1) is 20.7. The Morgan fingerprint density at radius 3 is 2.86 bits per heavy atom. The van der Waals surface area contributed by atoms with Crippen LogP contribution in [-0.4, -0.2) is 53.7 Å². The second-order valence-corrected chi connectivity index (χ2v) is 7.22. The van der Waals surface area contributed by atoms with Gasteiger partial charge in [0.2, 0.25) is 0 Å². The summed E-state index contributed by atoms with van der Waals surface area (Å²) in [6, 6.07) is 6.20. The molecule has 8 nitrogen and oxygen atoms in total. The molecule has 0 saturated carbocycles. The van der Waals surface area contributed by atoms with Gasteiger partial charge in [0, 0.05) is 18.7 Å². The van der Waals surface area contributed by atoms with Crippen molar-refractivity contribution < 1.29 is 19.1 Å². The molecule has 1 aliphatic heterocycles. The highest BCUT2D eigenvalue weighted by Gasteiger charge is 2.36. The molecule has 2 heterocycles. The first-order chi connectivity index (χ1) is 14.0. The van der Waals surface area contributed by atoms with E-state index in [1.165, 1.54) is 7.11 Å². The third-order valence-corrected chi connectivity index (χ3v) is 5.54. The molecule has 3 rings (SSSR count). The van der Waals surface area contributed by atoms with E-state index < -0.39 is 12.0 Å². The smallest absolute Gasteiger partial charge is 0.328 e. The van der Waals surface area contributed by atoms with Crippen molar-refractivity contribution in [1.29, 1.82) is 0 Å². The lowest BCUT2D eigenvalue weighted by atomic mass is 9.95. The summed E-state index contributed by atoms with van der Waals surface area (Å²) in [6.45, 7) is 4.39. The van der Waals surface area contributed by atoms with Crippen LogP contribution in [0, 0.1) is 5.92 Å². The van der Waals surface area contributed by atoms with Crippen LogP contribution in [0.15, 0.2) is 30.6 Å². The van der Waals surface area contributed by atoms with E-state index in [4.69, 9.17) is 9.47 Å². The molecule has 0 bridgehead atoms. The summed E-state index contributed by atoms with van der Waals surface area (Å²) in [7, 11) is 2.94. The molecule has 2 amide bonds. The molecule has 3 atom stereocenters. The molecule has 29 heavy (non-hydrogen) atoms. The maximum atomic E-state index is 13.3. The molecule has 1 aromatic carbocycles. The van der Waals surface area contributed by atoms with Gasteiger partial charge in [-0.15, -0.1) is 0 Å². The van der Waals surface area contributed by atoms with Gasteiger partial charge in [-0.05, 0) is 23.6 Å². The fourth-order valence-electron chi connectivity index (χ4n) is 3.66. The van der Waals surface area contributed by atoms with Crippen LogP contribution >= 0.6 is 0 Å². The quantitative estimate of drug-likeness (QED) is 0.727. The zero-order valence-electron chi connectivity index (χ0n) is 17.3. The van der Waals surface area contributed by atoms with E-state index in [0.29, 0.717) is 18.7 Å². The Labute approximate surface area is 170 Å². The number of carbonyl (C=O) groups excluding carboxylic acids is 2. The summed E-state index contributed by atoms with van der Waals surface area (Å²) in [5.41, 5.74) is 2.71. The number of nitrogens with zero attached hydrogens (tertiary/aromatic N) is 2. The van der Waals surface area contributed by atoms with Crippen molar-refractivity contribution in [1.82, 2.24) is 20.2 Å². The lowest BCUT2D eigenvalue weighted by molar-refractivity contribution is -0.144. The Morgan fingerprint density at radius 1 is 1.38 bits per heavy atom. The van der Waals surface area contributed by atoms with E-state index >= 15 is 0 Å². The first-order valence-electron chi connectivity index (χ1n) is 9.81. The number of ether oxygens (including phenoxy) is 2. The number of nitrogens with one attached hydrogen (secondary N) is 2. The second-order valence-electron chi connectivity index (χ2n) is 7.22. The van der Waals surface area contributed by atoms with Crippen molar-refractivity contribution in [2.45, 2.75) is 38.8 Å². The monoisotopic (exact) mass is 400 g/mol. The van der Waals surface area contributed by atoms with Crippen LogP contribution in [0.3, 0.4) is 0 Å². The van der Waals surface area contributed by atoms with E-state index in [-0.39, 0.29) is 18.0 Å². The van der Waals surface area contributed by atoms with Gasteiger partial charge in [0.25, 0.3) is 0 Å². The van der Waals surface area contributed by atoms with Crippen LogP contribution in [0.25, 0.3) is 0 Å². The minimum atomic E-state index is -0.705. The molecule has 0 aliphatic carbocycles. The summed E-state index contributed by atoms with van der Waals surface area (Å²) in [5, 5.41) is 2.88. The van der Waals surface area contributed by atoms with Crippen LogP contribution in [-0.2, 0) is 16.0 Å². The van der Waals surface area contributed by atoms with E-state index in [1.54, 1.807) is 18.3 Å². The molecule has 2 aromatic rings. The number of methoxy groups -OCH3 is 2. The molecule has 156 valence electrons. The van der Waals surface area contributed by atoms with Gasteiger partial charge in [-0.1, -0.05) is 32.4 Å². The number of aromatic amines is 1. The summed E-state index contributed by atoms with van der Waals surface area (Å²) in [5.74, 6) is 0.216. The van der Waals surface area contributed by atoms with Crippen LogP contribution < -0.4 is 10.1 Å². The number of benzene rings is 1. The Bertz CT molecular complexity index is 866. The van der Waals surface area contributed by atoms with Crippen LogP contribution in [0.1, 0.15) is 43.3 Å². The third kappa shape index (κ3) is 4.21. The van der Waals surface area contributed by atoms with E-state index in [0.717, 1.165) is 23.4 Å². The lowest BCUT2D eigenvalue weighted by Gasteiger charge is -2.36. The van der Waals surface area contributed by atoms with Gasteiger partial charge in [-0.2, -0.15) is 0 Å².